The quantitative estimate of drug-likeness (QED) is 0.650. The number of nitrogens with one attached hydrogen (secondary N) is 3. The van der Waals surface area contributed by atoms with Crippen LogP contribution in [0.3, 0.4) is 0 Å². The lowest BCUT2D eigenvalue weighted by atomic mass is 10.0. The topological polar surface area (TPSA) is 36.1 Å². The summed E-state index contributed by atoms with van der Waals surface area (Å²) in [6.07, 6.45) is 2.14. The average Bonchev–Trinajstić information content (AvgIpc) is 2.79. The van der Waals surface area contributed by atoms with Crippen LogP contribution in [0, 0.1) is 0 Å². The summed E-state index contributed by atoms with van der Waals surface area (Å²) in [5.74, 6) is -2.88. The molecule has 0 spiro atoms. The molecule has 0 atom stereocenters. The van der Waals surface area contributed by atoms with Crippen molar-refractivity contribution in [3.8, 4) is 0 Å². The van der Waals surface area contributed by atoms with Crippen molar-refractivity contribution in [2.24, 2.45) is 0 Å². The van der Waals surface area contributed by atoms with E-state index in [-0.39, 0.29) is 12.1 Å². The lowest BCUT2D eigenvalue weighted by molar-refractivity contribution is 0.0299. The van der Waals surface area contributed by atoms with E-state index < -0.39 is 5.92 Å². The monoisotopic (exact) mass is 243 g/mol. The second-order valence-electron chi connectivity index (χ2n) is 3.93. The van der Waals surface area contributed by atoms with Crippen LogP contribution in [0.2, 0.25) is 0 Å². The fraction of sp³-hybridized carbons (Fsp3) is 0.500. The van der Waals surface area contributed by atoms with Gasteiger partial charge in [0.25, 0.3) is 5.92 Å². The second kappa shape index (κ2) is 5.31. The minimum atomic E-state index is -2.88. The average molecular weight is 243 g/mol. The highest BCUT2D eigenvalue weighted by Crippen LogP contribution is 2.32. The number of hydrazine groups is 2. The van der Waals surface area contributed by atoms with Crippen LogP contribution in [-0.2, 0) is 0 Å². The van der Waals surface area contributed by atoms with Gasteiger partial charge in [0.2, 0.25) is 0 Å². The number of allylic oxidation sites excluding steroid dienone is 3. The van der Waals surface area contributed by atoms with Crippen LogP contribution < -0.4 is 16.4 Å². The Morgan fingerprint density at radius 1 is 1.35 bits per heavy atom. The Hall–Kier alpha value is -1.36. The molecule has 0 aromatic heterocycles. The van der Waals surface area contributed by atoms with Gasteiger partial charge in [0, 0.05) is 6.42 Å². The lowest BCUT2D eigenvalue weighted by Crippen LogP contribution is -2.36. The van der Waals surface area contributed by atoms with Gasteiger partial charge in [-0.05, 0) is 18.9 Å². The van der Waals surface area contributed by atoms with Crippen LogP contribution >= 0.6 is 0 Å². The predicted molar refractivity (Wildman–Crippen MR) is 64.9 cm³/mol. The highest BCUT2D eigenvalue weighted by Gasteiger charge is 2.38. The first-order valence-corrected chi connectivity index (χ1v) is 5.70. The molecule has 96 valence electrons. The molecule has 0 aromatic carbocycles. The molecule has 1 aliphatic heterocycles. The predicted octanol–water partition coefficient (Wildman–Crippen LogP) is 2.77. The van der Waals surface area contributed by atoms with Crippen molar-refractivity contribution in [1.82, 2.24) is 16.4 Å². The zero-order chi connectivity index (χ0) is 13.1. The van der Waals surface area contributed by atoms with Gasteiger partial charge >= 0.3 is 0 Å². The summed E-state index contributed by atoms with van der Waals surface area (Å²) in [5.41, 5.74) is 9.71. The molecule has 0 aromatic rings. The zero-order valence-electron chi connectivity index (χ0n) is 10.5. The van der Waals surface area contributed by atoms with Gasteiger partial charge < -0.3 is 10.9 Å². The Kier molecular flexibility index (Phi) is 4.28. The third kappa shape index (κ3) is 2.66. The molecule has 0 fully saturated rings. The van der Waals surface area contributed by atoms with E-state index in [4.69, 9.17) is 0 Å². The molecule has 3 N–H and O–H groups in total. The van der Waals surface area contributed by atoms with Crippen molar-refractivity contribution in [2.75, 3.05) is 0 Å². The van der Waals surface area contributed by atoms with E-state index >= 15 is 0 Å². The normalized spacial score (nSPS) is 17.5. The number of alkyl halides is 2. The molecule has 17 heavy (non-hydrogen) atoms. The Morgan fingerprint density at radius 2 is 2.00 bits per heavy atom. The van der Waals surface area contributed by atoms with E-state index in [9.17, 15) is 8.78 Å². The minimum absolute atomic E-state index is 0.122. The first kappa shape index (κ1) is 13.7. The van der Waals surface area contributed by atoms with Crippen molar-refractivity contribution in [3.63, 3.8) is 0 Å². The van der Waals surface area contributed by atoms with Gasteiger partial charge in [0.15, 0.2) is 0 Å². The third-order valence-electron chi connectivity index (χ3n) is 2.90. The van der Waals surface area contributed by atoms with Crippen LogP contribution in [0.5, 0.6) is 0 Å². The molecular formula is C12H19F2N3. The molecule has 0 saturated heterocycles. The highest BCUT2D eigenvalue weighted by atomic mass is 19.3. The van der Waals surface area contributed by atoms with Gasteiger partial charge in [-0.25, -0.2) is 0 Å². The molecule has 1 rings (SSSR count). The molecule has 0 radical (unpaired) electrons. The standard InChI is InChI=1S/C12H19F2N3/c1-5-8(4)9(6-2)10-11(16-17-15-10)12(13,14)7-3/h6,15-17H,2,5,7H2,1,3-4H3/b9-8+. The molecule has 3 nitrogen and oxygen atoms in total. The van der Waals surface area contributed by atoms with Gasteiger partial charge in [0.05, 0.1) is 5.70 Å². The maximum absolute atomic E-state index is 13.7. The van der Waals surface area contributed by atoms with E-state index in [1.165, 1.54) is 6.92 Å². The van der Waals surface area contributed by atoms with Gasteiger partial charge in [-0.2, -0.15) is 14.3 Å². The van der Waals surface area contributed by atoms with E-state index in [1.807, 2.05) is 13.8 Å². The fourth-order valence-corrected chi connectivity index (χ4v) is 1.61. The minimum Gasteiger partial charge on any atom is -0.301 e. The Morgan fingerprint density at radius 3 is 2.47 bits per heavy atom. The summed E-state index contributed by atoms with van der Waals surface area (Å²) < 4.78 is 27.4. The van der Waals surface area contributed by atoms with E-state index in [0.29, 0.717) is 11.3 Å². The molecule has 1 heterocycles. The molecule has 0 bridgehead atoms. The van der Waals surface area contributed by atoms with Crippen molar-refractivity contribution in [3.05, 3.63) is 35.2 Å². The Labute approximate surface area is 101 Å². The molecule has 0 saturated carbocycles. The van der Waals surface area contributed by atoms with E-state index in [2.05, 4.69) is 23.0 Å². The Balaban J connectivity index is 3.26. The number of hydrogen-bond acceptors (Lipinski definition) is 3. The summed E-state index contributed by atoms with van der Waals surface area (Å²) >= 11 is 0. The molecule has 1 aliphatic rings. The Bertz CT molecular complexity index is 370. The molecular weight excluding hydrogens is 224 g/mol. The first-order chi connectivity index (χ1) is 7.97. The van der Waals surface area contributed by atoms with Crippen LogP contribution in [0.15, 0.2) is 35.2 Å². The molecule has 0 amide bonds. The van der Waals surface area contributed by atoms with Crippen molar-refractivity contribution >= 4 is 0 Å². The number of hydrogen-bond donors (Lipinski definition) is 3. The smallest absolute Gasteiger partial charge is 0.290 e. The summed E-state index contributed by atoms with van der Waals surface area (Å²) in [6, 6.07) is 0. The zero-order valence-corrected chi connectivity index (χ0v) is 10.5. The summed E-state index contributed by atoms with van der Waals surface area (Å²) in [6.45, 7) is 9.02. The summed E-state index contributed by atoms with van der Waals surface area (Å²) in [5, 5.41) is 0. The van der Waals surface area contributed by atoms with E-state index in [1.54, 1.807) is 6.08 Å². The second-order valence-corrected chi connectivity index (χ2v) is 3.93. The third-order valence-corrected chi connectivity index (χ3v) is 2.90. The highest BCUT2D eigenvalue weighted by molar-refractivity contribution is 5.46. The maximum atomic E-state index is 13.7. The lowest BCUT2D eigenvalue weighted by Gasteiger charge is -2.17. The summed E-state index contributed by atoms with van der Waals surface area (Å²) in [7, 11) is 0. The van der Waals surface area contributed by atoms with Gasteiger partial charge in [-0.15, -0.1) is 0 Å². The summed E-state index contributed by atoms with van der Waals surface area (Å²) in [4.78, 5) is 0. The van der Waals surface area contributed by atoms with Crippen LogP contribution in [-0.4, -0.2) is 5.92 Å². The van der Waals surface area contributed by atoms with Crippen LogP contribution in [0.25, 0.3) is 0 Å². The van der Waals surface area contributed by atoms with Crippen molar-refractivity contribution < 1.29 is 8.78 Å². The van der Waals surface area contributed by atoms with Crippen molar-refractivity contribution in [1.29, 1.82) is 0 Å². The number of halogens is 2. The fourth-order valence-electron chi connectivity index (χ4n) is 1.61. The van der Waals surface area contributed by atoms with Gasteiger partial charge in [0.1, 0.15) is 5.70 Å². The van der Waals surface area contributed by atoms with Gasteiger partial charge in [-0.1, -0.05) is 32.1 Å². The van der Waals surface area contributed by atoms with E-state index in [0.717, 1.165) is 12.0 Å². The largest absolute Gasteiger partial charge is 0.301 e. The molecule has 0 aliphatic carbocycles. The first-order valence-electron chi connectivity index (χ1n) is 5.70. The van der Waals surface area contributed by atoms with Gasteiger partial charge in [-0.3, -0.25) is 0 Å². The molecule has 5 heteroatoms. The molecule has 0 unspecified atom stereocenters. The maximum Gasteiger partial charge on any atom is 0.290 e. The van der Waals surface area contributed by atoms with Crippen LogP contribution in [0.4, 0.5) is 8.78 Å². The SMILES string of the molecule is C=C/C(C1=C(C(F)(F)CC)NNN1)=C(/C)CC. The van der Waals surface area contributed by atoms with Crippen molar-refractivity contribution in [2.45, 2.75) is 39.5 Å². The number of rotatable bonds is 5. The van der Waals surface area contributed by atoms with Crippen LogP contribution in [0.1, 0.15) is 33.6 Å².